The van der Waals surface area contributed by atoms with Crippen LogP contribution >= 0.6 is 11.3 Å². The van der Waals surface area contributed by atoms with E-state index in [1.807, 2.05) is 6.07 Å². The van der Waals surface area contributed by atoms with E-state index in [0.717, 1.165) is 37.6 Å². The molecule has 0 aliphatic carbocycles. The van der Waals surface area contributed by atoms with Gasteiger partial charge in [-0.3, -0.25) is 4.79 Å². The van der Waals surface area contributed by atoms with E-state index in [1.54, 1.807) is 11.3 Å². The van der Waals surface area contributed by atoms with Crippen molar-refractivity contribution in [1.82, 2.24) is 4.98 Å². The molecule has 0 bridgehead atoms. The highest BCUT2D eigenvalue weighted by molar-refractivity contribution is 7.18. The maximum Gasteiger partial charge on any atom is 0.305 e. The molecule has 0 spiro atoms. The smallest absolute Gasteiger partial charge is 0.305 e. The van der Waals surface area contributed by atoms with Crippen LogP contribution < -0.4 is 0 Å². The van der Waals surface area contributed by atoms with Gasteiger partial charge in [0.25, 0.3) is 0 Å². The van der Waals surface area contributed by atoms with Gasteiger partial charge in [-0.1, -0.05) is 25.0 Å². The molecule has 0 aliphatic rings. The Morgan fingerprint density at radius 3 is 2.79 bits per heavy atom. The van der Waals surface area contributed by atoms with Crippen molar-refractivity contribution in [1.29, 1.82) is 0 Å². The number of benzene rings is 1. The van der Waals surface area contributed by atoms with Crippen molar-refractivity contribution in [3.8, 4) is 0 Å². The second-order valence-corrected chi connectivity index (χ2v) is 5.68. The summed E-state index contributed by atoms with van der Waals surface area (Å²) < 4.78 is 5.88. The maximum atomic E-state index is 10.9. The first kappa shape index (κ1) is 14.0. The first-order valence-electron chi connectivity index (χ1n) is 6.71. The molecule has 2 rings (SSSR count). The molecule has 102 valence electrons. The molecule has 0 N–H and O–H groups in total. The zero-order valence-electron chi connectivity index (χ0n) is 11.2. The number of carbonyl (C=O) groups excluding carboxylic acids is 1. The number of methoxy groups -OCH3 is 1. The van der Waals surface area contributed by atoms with Gasteiger partial charge in [0, 0.05) is 6.42 Å². The Labute approximate surface area is 117 Å². The molecule has 3 nitrogen and oxygen atoms in total. The van der Waals surface area contributed by atoms with Crippen LogP contribution in [0.1, 0.15) is 37.1 Å². The van der Waals surface area contributed by atoms with Crippen molar-refractivity contribution in [2.75, 3.05) is 7.11 Å². The Bertz CT molecular complexity index is 503. The Hall–Kier alpha value is -1.42. The maximum absolute atomic E-state index is 10.9. The summed E-state index contributed by atoms with van der Waals surface area (Å²) in [5, 5.41) is 1.22. The zero-order chi connectivity index (χ0) is 13.5. The van der Waals surface area contributed by atoms with Gasteiger partial charge in [-0.15, -0.1) is 11.3 Å². The molecule has 0 amide bonds. The summed E-state index contributed by atoms with van der Waals surface area (Å²) >= 11 is 1.78. The van der Waals surface area contributed by atoms with E-state index in [9.17, 15) is 4.79 Å². The summed E-state index contributed by atoms with van der Waals surface area (Å²) in [5.74, 6) is -0.105. The van der Waals surface area contributed by atoms with Crippen LogP contribution in [0.4, 0.5) is 0 Å². The zero-order valence-corrected chi connectivity index (χ0v) is 12.0. The lowest BCUT2D eigenvalue weighted by Crippen LogP contribution is -1.99. The molecule has 1 aromatic heterocycles. The number of hydrogen-bond donors (Lipinski definition) is 0. The number of carbonyl (C=O) groups is 1. The molecule has 19 heavy (non-hydrogen) atoms. The Balaban J connectivity index is 1.67. The number of aromatic nitrogens is 1. The normalized spacial score (nSPS) is 10.8. The lowest BCUT2D eigenvalue weighted by Gasteiger charge is -1.99. The summed E-state index contributed by atoms with van der Waals surface area (Å²) in [6.07, 6.45) is 5.87. The molecule has 2 aromatic rings. The highest BCUT2D eigenvalue weighted by Crippen LogP contribution is 2.23. The van der Waals surface area contributed by atoms with Crippen LogP contribution in [0.5, 0.6) is 0 Å². The molecule has 0 radical (unpaired) electrons. The van der Waals surface area contributed by atoms with Crippen LogP contribution in [0.15, 0.2) is 24.3 Å². The predicted molar refractivity (Wildman–Crippen MR) is 78.4 cm³/mol. The average Bonchev–Trinajstić information content (AvgIpc) is 2.84. The average molecular weight is 277 g/mol. The minimum Gasteiger partial charge on any atom is -0.469 e. The van der Waals surface area contributed by atoms with Gasteiger partial charge in [-0.25, -0.2) is 4.98 Å². The van der Waals surface area contributed by atoms with Gasteiger partial charge in [-0.05, 0) is 31.4 Å². The number of unbranched alkanes of at least 4 members (excludes halogenated alkanes) is 3. The molecular weight excluding hydrogens is 258 g/mol. The monoisotopic (exact) mass is 277 g/mol. The van der Waals surface area contributed by atoms with Crippen LogP contribution in [0, 0.1) is 0 Å². The minimum atomic E-state index is -0.105. The van der Waals surface area contributed by atoms with Gasteiger partial charge < -0.3 is 4.74 Å². The molecule has 0 aliphatic heterocycles. The standard InChI is InChI=1S/C15H19NO2S/c1-18-15(17)11-5-3-2-4-10-14-16-12-8-6-7-9-13(12)19-14/h6-9H,2-5,10-11H2,1H3. The predicted octanol–water partition coefficient (Wildman–Crippen LogP) is 3.96. The van der Waals surface area contributed by atoms with E-state index in [4.69, 9.17) is 0 Å². The first-order chi connectivity index (χ1) is 9.29. The van der Waals surface area contributed by atoms with E-state index in [2.05, 4.69) is 27.9 Å². The molecule has 0 fully saturated rings. The van der Waals surface area contributed by atoms with Crippen molar-refractivity contribution in [2.24, 2.45) is 0 Å². The molecule has 4 heteroatoms. The van der Waals surface area contributed by atoms with Gasteiger partial charge in [0.1, 0.15) is 0 Å². The molecule has 1 aromatic carbocycles. The van der Waals surface area contributed by atoms with Crippen LogP contribution in [0.3, 0.4) is 0 Å². The fourth-order valence-corrected chi connectivity index (χ4v) is 3.04. The summed E-state index contributed by atoms with van der Waals surface area (Å²) in [4.78, 5) is 15.6. The number of aryl methyl sites for hydroxylation is 1. The molecule has 0 saturated heterocycles. The fraction of sp³-hybridized carbons (Fsp3) is 0.467. The van der Waals surface area contributed by atoms with Gasteiger partial charge >= 0.3 is 5.97 Å². The number of esters is 1. The van der Waals surface area contributed by atoms with E-state index >= 15 is 0 Å². The van der Waals surface area contributed by atoms with Gasteiger partial charge in [0.05, 0.1) is 22.3 Å². The summed E-state index contributed by atoms with van der Waals surface area (Å²) in [6.45, 7) is 0. The van der Waals surface area contributed by atoms with Crippen molar-refractivity contribution in [3.05, 3.63) is 29.3 Å². The number of para-hydroxylation sites is 1. The Kier molecular flexibility index (Phi) is 5.33. The van der Waals surface area contributed by atoms with E-state index in [0.29, 0.717) is 6.42 Å². The highest BCUT2D eigenvalue weighted by Gasteiger charge is 2.03. The van der Waals surface area contributed by atoms with Gasteiger partial charge in [0.15, 0.2) is 0 Å². The topological polar surface area (TPSA) is 39.2 Å². The Morgan fingerprint density at radius 2 is 2.00 bits per heavy atom. The minimum absolute atomic E-state index is 0.105. The number of fused-ring (bicyclic) bond motifs is 1. The van der Waals surface area contributed by atoms with Crippen LogP contribution in [-0.2, 0) is 16.0 Å². The number of thiazole rings is 1. The van der Waals surface area contributed by atoms with Crippen molar-refractivity contribution in [2.45, 2.75) is 38.5 Å². The second kappa shape index (κ2) is 7.24. The second-order valence-electron chi connectivity index (χ2n) is 4.57. The van der Waals surface area contributed by atoms with Crippen molar-refractivity contribution < 1.29 is 9.53 Å². The number of rotatable bonds is 7. The summed E-state index contributed by atoms with van der Waals surface area (Å²) in [6, 6.07) is 8.26. The number of ether oxygens (including phenoxy) is 1. The Morgan fingerprint density at radius 1 is 1.21 bits per heavy atom. The fourth-order valence-electron chi connectivity index (χ4n) is 2.03. The van der Waals surface area contributed by atoms with Crippen LogP contribution in [0.2, 0.25) is 0 Å². The molecule has 0 saturated carbocycles. The van der Waals surface area contributed by atoms with Crippen molar-refractivity contribution >= 4 is 27.5 Å². The van der Waals surface area contributed by atoms with E-state index in [-0.39, 0.29) is 5.97 Å². The lowest BCUT2D eigenvalue weighted by atomic mass is 10.1. The lowest BCUT2D eigenvalue weighted by molar-refractivity contribution is -0.140. The van der Waals surface area contributed by atoms with Crippen molar-refractivity contribution in [3.63, 3.8) is 0 Å². The van der Waals surface area contributed by atoms with Crippen LogP contribution in [-0.4, -0.2) is 18.1 Å². The molecule has 0 unspecified atom stereocenters. The summed E-state index contributed by atoms with van der Waals surface area (Å²) in [7, 11) is 1.44. The quantitative estimate of drug-likeness (QED) is 0.568. The van der Waals surface area contributed by atoms with Gasteiger partial charge in [0.2, 0.25) is 0 Å². The number of hydrogen-bond acceptors (Lipinski definition) is 4. The summed E-state index contributed by atoms with van der Waals surface area (Å²) in [5.41, 5.74) is 1.10. The third-order valence-electron chi connectivity index (χ3n) is 3.09. The molecular formula is C15H19NO2S. The van der Waals surface area contributed by atoms with Crippen LogP contribution in [0.25, 0.3) is 10.2 Å². The van der Waals surface area contributed by atoms with E-state index < -0.39 is 0 Å². The highest BCUT2D eigenvalue weighted by atomic mass is 32.1. The first-order valence-corrected chi connectivity index (χ1v) is 7.52. The third-order valence-corrected chi connectivity index (χ3v) is 4.18. The molecule has 1 heterocycles. The SMILES string of the molecule is COC(=O)CCCCCCc1nc2ccccc2s1. The third kappa shape index (κ3) is 4.31. The number of nitrogens with zero attached hydrogens (tertiary/aromatic N) is 1. The van der Waals surface area contributed by atoms with E-state index in [1.165, 1.54) is 16.8 Å². The molecule has 0 atom stereocenters. The largest absolute Gasteiger partial charge is 0.469 e. The van der Waals surface area contributed by atoms with Gasteiger partial charge in [-0.2, -0.15) is 0 Å².